The van der Waals surface area contributed by atoms with Crippen LogP contribution in [0.15, 0.2) is 69.9 Å². The molecule has 0 bridgehead atoms. The van der Waals surface area contributed by atoms with E-state index in [0.717, 1.165) is 89.9 Å². The van der Waals surface area contributed by atoms with Gasteiger partial charge in [-0.15, -0.1) is 0 Å². The van der Waals surface area contributed by atoms with E-state index >= 15 is 0 Å². The fourth-order valence-corrected chi connectivity index (χ4v) is 8.40. The van der Waals surface area contributed by atoms with Crippen molar-refractivity contribution in [2.75, 3.05) is 0 Å². The Kier molecular flexibility index (Phi) is 28.8. The molecule has 3 aliphatic carbocycles. The van der Waals surface area contributed by atoms with Crippen LogP contribution in [-0.2, 0) is 14.4 Å². The summed E-state index contributed by atoms with van der Waals surface area (Å²) in [4.78, 5) is 34.3. The van der Waals surface area contributed by atoms with Gasteiger partial charge < -0.3 is 9.90 Å². The van der Waals surface area contributed by atoms with Gasteiger partial charge in [0.15, 0.2) is 0 Å². The highest BCUT2D eigenvalue weighted by Gasteiger charge is 2.34. The van der Waals surface area contributed by atoms with Crippen LogP contribution in [0, 0.1) is 23.7 Å². The molecule has 0 heterocycles. The first-order valence-electron chi connectivity index (χ1n) is 23.2. The fourth-order valence-electron chi connectivity index (χ4n) is 8.40. The van der Waals surface area contributed by atoms with Crippen LogP contribution in [0.4, 0.5) is 0 Å². The first-order chi connectivity index (χ1) is 27.1. The van der Waals surface area contributed by atoms with Crippen molar-refractivity contribution in [2.24, 2.45) is 23.7 Å². The molecule has 0 spiro atoms. The summed E-state index contributed by atoms with van der Waals surface area (Å²) in [7, 11) is 0. The maximum atomic E-state index is 11.6. The van der Waals surface area contributed by atoms with Gasteiger partial charge in [-0.25, -0.2) is 0 Å². The van der Waals surface area contributed by atoms with Crippen LogP contribution in [0.3, 0.4) is 0 Å². The van der Waals surface area contributed by atoms with Gasteiger partial charge in [0.2, 0.25) is 0 Å². The molecule has 0 radical (unpaired) electrons. The molecule has 4 heteroatoms. The Morgan fingerprint density at radius 2 is 1.11 bits per heavy atom. The molecule has 3 saturated carbocycles. The topological polar surface area (TPSA) is 71.4 Å². The number of hydrogen-bond acceptors (Lipinski definition) is 4. The lowest BCUT2D eigenvalue weighted by Gasteiger charge is -2.16. The van der Waals surface area contributed by atoms with E-state index in [4.69, 9.17) is 0 Å². The van der Waals surface area contributed by atoms with Gasteiger partial charge in [0.25, 0.3) is 0 Å². The van der Waals surface area contributed by atoms with Crippen LogP contribution in [0.1, 0.15) is 217 Å². The minimum absolute atomic E-state index is 0.0498. The predicted octanol–water partition coefficient (Wildman–Crippen LogP) is 15.3. The standard InChI is InChI=1S/C20H34O.C20H32O.C13H22O2/c2*1-16(2)8-5-9-17(3)10-6-11-18(4)14-15-19-12-7-13-20(19)21;1-3-4-5-6-12-11(9-10(2)14)7-8-13(12)15/h8,10,14,19-21H,5-7,9,11-13,15H2,1-4H3;8,10,14,19H,5-7,9,11-13,15H2,1-4H3;11-12H,3-9H2,1-2H3/b2*17-10+,18-14+;. The highest BCUT2D eigenvalue weighted by atomic mass is 16.3. The van der Waals surface area contributed by atoms with Crippen LogP contribution in [-0.4, -0.2) is 28.6 Å². The van der Waals surface area contributed by atoms with Crippen molar-refractivity contribution < 1.29 is 19.5 Å². The van der Waals surface area contributed by atoms with E-state index in [-0.39, 0.29) is 17.8 Å². The van der Waals surface area contributed by atoms with E-state index in [1.807, 2.05) is 0 Å². The molecule has 0 aliphatic heterocycles. The van der Waals surface area contributed by atoms with Crippen LogP contribution >= 0.6 is 0 Å². The molecule has 0 aromatic rings. The van der Waals surface area contributed by atoms with Crippen molar-refractivity contribution in [2.45, 2.75) is 223 Å². The monoisotopic (exact) mass is 789 g/mol. The molecule has 57 heavy (non-hydrogen) atoms. The molecule has 0 aromatic carbocycles. The third kappa shape index (κ3) is 26.2. The number of hydrogen-bond donors (Lipinski definition) is 1. The summed E-state index contributed by atoms with van der Waals surface area (Å²) in [6, 6.07) is 0. The molecule has 5 unspecified atom stereocenters. The minimum atomic E-state index is -0.0498. The van der Waals surface area contributed by atoms with Gasteiger partial charge in [-0.3, -0.25) is 9.59 Å². The molecule has 3 fully saturated rings. The Labute approximate surface area is 352 Å². The summed E-state index contributed by atoms with van der Waals surface area (Å²) in [5.41, 5.74) is 8.72. The first kappa shape index (κ1) is 52.4. The molecule has 0 saturated heterocycles. The van der Waals surface area contributed by atoms with Crippen molar-refractivity contribution >= 4 is 17.3 Å². The summed E-state index contributed by atoms with van der Waals surface area (Å²) in [6.45, 7) is 21.3. The lowest BCUT2D eigenvalue weighted by Crippen LogP contribution is -2.17. The predicted molar refractivity (Wildman–Crippen MR) is 246 cm³/mol. The molecular formula is C53H88O4. The van der Waals surface area contributed by atoms with Crippen LogP contribution in [0.2, 0.25) is 0 Å². The molecule has 3 aliphatic rings. The highest BCUT2D eigenvalue weighted by molar-refractivity contribution is 5.85. The Bertz CT molecular complexity index is 1360. The Morgan fingerprint density at radius 1 is 0.579 bits per heavy atom. The van der Waals surface area contributed by atoms with Gasteiger partial charge >= 0.3 is 0 Å². The van der Waals surface area contributed by atoms with Crippen molar-refractivity contribution in [3.63, 3.8) is 0 Å². The second-order valence-electron chi connectivity index (χ2n) is 18.5. The summed E-state index contributed by atoms with van der Waals surface area (Å²) in [5.74, 6) is 2.50. The van der Waals surface area contributed by atoms with Crippen molar-refractivity contribution in [1.82, 2.24) is 0 Å². The zero-order chi connectivity index (χ0) is 42.6. The SMILES string of the molecule is CC(C)=CCC/C(C)=C/CC/C(C)=C/CC1CCCC1=O.CC(C)=CCC/C(C)=C/CC/C(C)=C/CC1CCCC1O.CCCCCC1C(=O)CCC1CC(C)=O. The van der Waals surface area contributed by atoms with E-state index in [1.165, 1.54) is 78.4 Å². The quantitative estimate of drug-likeness (QED) is 0.0876. The largest absolute Gasteiger partial charge is 0.393 e. The number of carbonyl (C=O) groups is 3. The Balaban J connectivity index is 0.000000434. The summed E-state index contributed by atoms with van der Waals surface area (Å²) in [6.07, 6.45) is 38.5. The van der Waals surface area contributed by atoms with E-state index in [2.05, 4.69) is 98.8 Å². The Hall–Kier alpha value is -2.59. The molecule has 0 aromatic heterocycles. The van der Waals surface area contributed by atoms with E-state index in [1.54, 1.807) is 6.92 Å². The highest BCUT2D eigenvalue weighted by Crippen LogP contribution is 2.35. The van der Waals surface area contributed by atoms with Gasteiger partial charge in [0, 0.05) is 31.1 Å². The van der Waals surface area contributed by atoms with E-state index in [0.29, 0.717) is 42.2 Å². The lowest BCUT2D eigenvalue weighted by atomic mass is 9.87. The molecular weight excluding hydrogens is 701 g/mol. The maximum Gasteiger partial charge on any atom is 0.136 e. The van der Waals surface area contributed by atoms with E-state index in [9.17, 15) is 19.5 Å². The zero-order valence-corrected chi connectivity index (χ0v) is 38.8. The fraction of sp³-hybridized carbons (Fsp3) is 0.717. The van der Waals surface area contributed by atoms with Crippen LogP contribution in [0.25, 0.3) is 0 Å². The smallest absolute Gasteiger partial charge is 0.136 e. The molecule has 1 N–H and O–H groups in total. The van der Waals surface area contributed by atoms with Crippen molar-refractivity contribution in [3.8, 4) is 0 Å². The normalized spacial score (nSPS) is 22.8. The van der Waals surface area contributed by atoms with Gasteiger partial charge in [0.05, 0.1) is 6.10 Å². The first-order valence-corrected chi connectivity index (χ1v) is 23.2. The van der Waals surface area contributed by atoms with E-state index < -0.39 is 0 Å². The number of rotatable bonds is 22. The molecule has 0 amide bonds. The summed E-state index contributed by atoms with van der Waals surface area (Å²) >= 11 is 0. The average Bonchev–Trinajstić information content (AvgIpc) is 3.85. The third-order valence-electron chi connectivity index (χ3n) is 12.2. The lowest BCUT2D eigenvalue weighted by molar-refractivity contribution is -0.122. The van der Waals surface area contributed by atoms with Gasteiger partial charge in [-0.05, 0) is 177 Å². The van der Waals surface area contributed by atoms with Crippen molar-refractivity contribution in [3.05, 3.63) is 69.9 Å². The van der Waals surface area contributed by atoms with Crippen molar-refractivity contribution in [1.29, 1.82) is 0 Å². The maximum absolute atomic E-state index is 11.6. The van der Waals surface area contributed by atoms with Gasteiger partial charge in [-0.2, -0.15) is 0 Å². The van der Waals surface area contributed by atoms with Crippen LogP contribution in [0.5, 0.6) is 0 Å². The van der Waals surface area contributed by atoms with Gasteiger partial charge in [0.1, 0.15) is 17.3 Å². The third-order valence-corrected chi connectivity index (χ3v) is 12.2. The van der Waals surface area contributed by atoms with Crippen LogP contribution < -0.4 is 0 Å². The molecule has 5 atom stereocenters. The number of aliphatic hydroxyl groups excluding tert-OH is 1. The minimum Gasteiger partial charge on any atom is -0.393 e. The average molecular weight is 789 g/mol. The molecule has 3 rings (SSSR count). The number of Topliss-reactive ketones (excluding diaryl/α,β-unsaturated/α-hetero) is 3. The molecule has 4 nitrogen and oxygen atoms in total. The van der Waals surface area contributed by atoms with Gasteiger partial charge in [-0.1, -0.05) is 103 Å². The Morgan fingerprint density at radius 3 is 1.56 bits per heavy atom. The number of allylic oxidation sites excluding steroid dienone is 12. The zero-order valence-electron chi connectivity index (χ0n) is 38.8. The summed E-state index contributed by atoms with van der Waals surface area (Å²) < 4.78 is 0. The number of ketones is 3. The number of unbranched alkanes of at least 4 members (excludes halogenated alkanes) is 2. The second-order valence-corrected chi connectivity index (χ2v) is 18.5. The molecule has 324 valence electrons. The number of carbonyl (C=O) groups excluding carboxylic acids is 3. The summed E-state index contributed by atoms with van der Waals surface area (Å²) in [5, 5.41) is 9.83. The number of aliphatic hydroxyl groups is 1. The second kappa shape index (κ2) is 31.3.